The van der Waals surface area contributed by atoms with Gasteiger partial charge in [-0.3, -0.25) is 0 Å². The first kappa shape index (κ1) is 19.6. The lowest BCUT2D eigenvalue weighted by atomic mass is 10.1. The molecule has 0 saturated heterocycles. The van der Waals surface area contributed by atoms with Gasteiger partial charge in [0, 0.05) is 35.8 Å². The molecule has 4 N–H and O–H groups in total. The molecular weight excluding hydrogens is 382 g/mol. The van der Waals surface area contributed by atoms with Crippen LogP contribution in [0.5, 0.6) is 0 Å². The first-order valence-electron chi connectivity index (χ1n) is 9.79. The molecule has 0 aliphatic carbocycles. The van der Waals surface area contributed by atoms with Crippen LogP contribution in [0.15, 0.2) is 28.5 Å². The molecule has 8 heteroatoms. The van der Waals surface area contributed by atoms with E-state index in [1.807, 2.05) is 0 Å². The number of aromatic nitrogens is 4. The highest BCUT2D eigenvalue weighted by Gasteiger charge is 2.19. The van der Waals surface area contributed by atoms with E-state index in [9.17, 15) is 0 Å². The van der Waals surface area contributed by atoms with Gasteiger partial charge in [-0.25, -0.2) is 15.0 Å². The summed E-state index contributed by atoms with van der Waals surface area (Å²) in [4.78, 5) is 14.3. The van der Waals surface area contributed by atoms with E-state index < -0.39 is 0 Å². The van der Waals surface area contributed by atoms with Crippen LogP contribution in [0, 0.1) is 18.3 Å². The molecule has 150 valence electrons. The maximum absolute atomic E-state index is 6.06. The fraction of sp³-hybridized carbons (Fsp3) is 0.381. The Morgan fingerprint density at radius 1 is 1.38 bits per heavy atom. The van der Waals surface area contributed by atoms with Crippen LogP contribution in [-0.4, -0.2) is 39.2 Å². The van der Waals surface area contributed by atoms with E-state index in [1.165, 1.54) is 11.9 Å². The zero-order chi connectivity index (χ0) is 20.4. The molecule has 29 heavy (non-hydrogen) atoms. The Hall–Kier alpha value is -2.76. The number of anilines is 2. The molecule has 0 fully saturated rings. The summed E-state index contributed by atoms with van der Waals surface area (Å²) < 4.78 is 2.09. The van der Waals surface area contributed by atoms with Crippen molar-refractivity contribution >= 4 is 34.4 Å². The van der Waals surface area contributed by atoms with Crippen molar-refractivity contribution < 1.29 is 0 Å². The van der Waals surface area contributed by atoms with E-state index in [0.717, 1.165) is 59.5 Å². The molecule has 1 aromatic carbocycles. The lowest BCUT2D eigenvalue weighted by molar-refractivity contribution is 0.516. The molecule has 3 aromatic rings. The number of imidazole rings is 1. The number of fused-ring (bicyclic) bond motifs is 2. The van der Waals surface area contributed by atoms with Crippen molar-refractivity contribution in [2.45, 2.75) is 36.9 Å². The van der Waals surface area contributed by atoms with Crippen LogP contribution in [0.4, 0.5) is 11.5 Å². The summed E-state index contributed by atoms with van der Waals surface area (Å²) in [5.74, 6) is 3.80. The second-order valence-electron chi connectivity index (χ2n) is 7.50. The first-order chi connectivity index (χ1) is 14.1. The van der Waals surface area contributed by atoms with Crippen molar-refractivity contribution in [3.8, 4) is 12.3 Å². The van der Waals surface area contributed by atoms with Crippen LogP contribution in [0.25, 0.3) is 11.2 Å². The quantitative estimate of drug-likeness (QED) is 0.409. The van der Waals surface area contributed by atoms with Gasteiger partial charge in [0.25, 0.3) is 0 Å². The molecule has 0 saturated carbocycles. The van der Waals surface area contributed by atoms with E-state index in [-0.39, 0.29) is 0 Å². The van der Waals surface area contributed by atoms with Crippen molar-refractivity contribution in [1.29, 1.82) is 0 Å². The molecule has 4 rings (SSSR count). The lowest BCUT2D eigenvalue weighted by Crippen LogP contribution is -2.24. The highest BCUT2D eigenvalue weighted by atomic mass is 32.2. The Balaban J connectivity index is 1.69. The molecule has 3 heterocycles. The Kier molecular flexibility index (Phi) is 5.60. The van der Waals surface area contributed by atoms with Gasteiger partial charge in [0.1, 0.15) is 6.33 Å². The fourth-order valence-corrected chi connectivity index (χ4v) is 4.47. The van der Waals surface area contributed by atoms with Crippen LogP contribution >= 0.6 is 11.8 Å². The smallest absolute Gasteiger partial charge is 0.175 e. The fourth-order valence-electron chi connectivity index (χ4n) is 3.42. The van der Waals surface area contributed by atoms with Crippen LogP contribution in [0.2, 0.25) is 0 Å². The summed E-state index contributed by atoms with van der Waals surface area (Å²) >= 11 is 1.56. The van der Waals surface area contributed by atoms with E-state index in [4.69, 9.17) is 17.1 Å². The summed E-state index contributed by atoms with van der Waals surface area (Å²) in [5.41, 5.74) is 10.7. The average molecular weight is 408 g/mol. The van der Waals surface area contributed by atoms with Gasteiger partial charge in [-0.05, 0) is 36.6 Å². The predicted octanol–water partition coefficient (Wildman–Crippen LogP) is 2.75. The first-order valence-corrected chi connectivity index (χ1v) is 10.6. The van der Waals surface area contributed by atoms with Crippen LogP contribution in [0.1, 0.15) is 25.0 Å². The number of nitrogens with two attached hydrogens (primary N) is 1. The molecule has 0 radical (unpaired) electrons. The van der Waals surface area contributed by atoms with Gasteiger partial charge >= 0.3 is 0 Å². The van der Waals surface area contributed by atoms with Crippen LogP contribution in [-0.2, 0) is 13.0 Å². The maximum Gasteiger partial charge on any atom is 0.175 e. The minimum Gasteiger partial charge on any atom is -0.384 e. The molecule has 0 atom stereocenters. The highest BCUT2D eigenvalue weighted by molar-refractivity contribution is 7.99. The average Bonchev–Trinajstić information content (AvgIpc) is 3.29. The number of hydrogen-bond donors (Lipinski definition) is 3. The molecule has 0 spiro atoms. The summed E-state index contributed by atoms with van der Waals surface area (Å²) in [7, 11) is 0. The number of benzene rings is 1. The predicted molar refractivity (Wildman–Crippen MR) is 118 cm³/mol. The minimum absolute atomic E-state index is 0.390. The van der Waals surface area contributed by atoms with Crippen molar-refractivity contribution in [3.63, 3.8) is 0 Å². The van der Waals surface area contributed by atoms with Crippen LogP contribution < -0.4 is 16.4 Å². The monoisotopic (exact) mass is 407 g/mol. The Morgan fingerprint density at radius 2 is 2.24 bits per heavy atom. The highest BCUT2D eigenvalue weighted by Crippen LogP contribution is 2.36. The molecule has 0 bridgehead atoms. The van der Waals surface area contributed by atoms with Crippen LogP contribution in [0.3, 0.4) is 0 Å². The largest absolute Gasteiger partial charge is 0.384 e. The number of nitrogens with zero attached hydrogens (tertiary/aromatic N) is 4. The zero-order valence-electron chi connectivity index (χ0n) is 16.7. The molecule has 7 nitrogen and oxygen atoms in total. The number of nitrogen functional groups attached to an aromatic ring is 1. The SMILES string of the molecule is C#Cc1cc2c(cc1Sc1nc3c(N)ncnc3n1CCNCC(C)C)CCN2. The maximum atomic E-state index is 6.06. The molecule has 1 aliphatic heterocycles. The van der Waals surface area contributed by atoms with Crippen molar-refractivity contribution in [1.82, 2.24) is 24.8 Å². The topological polar surface area (TPSA) is 93.7 Å². The van der Waals surface area contributed by atoms with Gasteiger partial charge in [-0.1, -0.05) is 31.5 Å². The third-order valence-electron chi connectivity index (χ3n) is 4.86. The zero-order valence-corrected chi connectivity index (χ0v) is 17.5. The third-order valence-corrected chi connectivity index (χ3v) is 5.91. The van der Waals surface area contributed by atoms with Gasteiger partial charge in [0.15, 0.2) is 22.1 Å². The van der Waals surface area contributed by atoms with E-state index in [1.54, 1.807) is 11.8 Å². The third kappa shape index (κ3) is 4.02. The summed E-state index contributed by atoms with van der Waals surface area (Å²) in [5, 5.41) is 7.68. The van der Waals surface area contributed by atoms with E-state index in [0.29, 0.717) is 17.3 Å². The summed E-state index contributed by atoms with van der Waals surface area (Å²) in [6.07, 6.45) is 8.28. The van der Waals surface area contributed by atoms with Gasteiger partial charge in [-0.15, -0.1) is 6.42 Å². The van der Waals surface area contributed by atoms with Gasteiger partial charge < -0.3 is 20.9 Å². The number of rotatable bonds is 7. The van der Waals surface area contributed by atoms with Crippen molar-refractivity contribution in [3.05, 3.63) is 29.6 Å². The Labute approximate surface area is 174 Å². The number of hydrogen-bond acceptors (Lipinski definition) is 7. The van der Waals surface area contributed by atoms with E-state index >= 15 is 0 Å². The molecule has 2 aromatic heterocycles. The standard InChI is InChI=1S/C21H25N7S/c1-4-14-9-16-15(5-6-24-16)10-17(14)29-21-27-18-19(22)25-12-26-20(18)28(21)8-7-23-11-13(2)3/h1,9-10,12-13,23-24H,5-8,11H2,2-3H3,(H2,22,25,26). The minimum atomic E-state index is 0.390. The van der Waals surface area contributed by atoms with Crippen molar-refractivity contribution in [2.24, 2.45) is 5.92 Å². The number of terminal acetylenes is 1. The summed E-state index contributed by atoms with van der Waals surface area (Å²) in [6.45, 7) is 7.85. The number of nitrogens with one attached hydrogen (secondary N) is 2. The second-order valence-corrected chi connectivity index (χ2v) is 8.51. The van der Waals surface area contributed by atoms with E-state index in [2.05, 4.69) is 57.1 Å². The Morgan fingerprint density at radius 3 is 3.03 bits per heavy atom. The molecule has 1 aliphatic rings. The Bertz CT molecular complexity index is 1080. The lowest BCUT2D eigenvalue weighted by Gasteiger charge is -2.12. The summed E-state index contributed by atoms with van der Waals surface area (Å²) in [6, 6.07) is 4.22. The van der Waals surface area contributed by atoms with Gasteiger partial charge in [-0.2, -0.15) is 0 Å². The molecule has 0 amide bonds. The van der Waals surface area contributed by atoms with Crippen molar-refractivity contribution in [2.75, 3.05) is 30.7 Å². The normalized spacial score (nSPS) is 12.9. The van der Waals surface area contributed by atoms with Gasteiger partial charge in [0.2, 0.25) is 0 Å². The molecule has 0 unspecified atom stereocenters. The second kappa shape index (κ2) is 8.31. The van der Waals surface area contributed by atoms with Gasteiger partial charge in [0.05, 0.1) is 0 Å². The molecular formula is C21H25N7S.